The van der Waals surface area contributed by atoms with Gasteiger partial charge >= 0.3 is 0 Å². The van der Waals surface area contributed by atoms with E-state index in [-0.39, 0.29) is 5.54 Å². The first kappa shape index (κ1) is 9.21. The zero-order valence-electron chi connectivity index (χ0n) is 8.54. The van der Waals surface area contributed by atoms with Gasteiger partial charge in [-0.3, -0.25) is 5.10 Å². The van der Waals surface area contributed by atoms with Crippen LogP contribution in [-0.4, -0.2) is 15.7 Å². The summed E-state index contributed by atoms with van der Waals surface area (Å²) in [4.78, 5) is 0. The van der Waals surface area contributed by atoms with Gasteiger partial charge in [0.2, 0.25) is 0 Å². The van der Waals surface area contributed by atoms with Crippen LogP contribution in [-0.2, 0) is 6.42 Å². The highest BCUT2D eigenvalue weighted by atomic mass is 15.1. The van der Waals surface area contributed by atoms with Gasteiger partial charge in [-0.1, -0.05) is 18.2 Å². The highest BCUT2D eigenvalue weighted by molar-refractivity contribution is 5.81. The third kappa shape index (κ3) is 1.77. The molecule has 1 heterocycles. The van der Waals surface area contributed by atoms with Crippen LogP contribution in [0, 0.1) is 0 Å². The number of benzene rings is 1. The Morgan fingerprint density at radius 3 is 2.79 bits per heavy atom. The van der Waals surface area contributed by atoms with Gasteiger partial charge in [0.05, 0.1) is 5.52 Å². The summed E-state index contributed by atoms with van der Waals surface area (Å²) in [5, 5.41) is 8.43. The van der Waals surface area contributed by atoms with Crippen LogP contribution in [0.15, 0.2) is 24.3 Å². The van der Waals surface area contributed by atoms with E-state index in [1.54, 1.807) is 0 Å². The molecule has 0 aliphatic carbocycles. The van der Waals surface area contributed by atoms with Gasteiger partial charge in [0.25, 0.3) is 0 Å². The topological polar surface area (TPSA) is 54.7 Å². The number of hydrogen-bond donors (Lipinski definition) is 2. The predicted octanol–water partition coefficient (Wildman–Crippen LogP) is 1.84. The maximum atomic E-state index is 5.97. The first-order valence-corrected chi connectivity index (χ1v) is 4.77. The molecule has 2 aromatic rings. The third-order valence-corrected chi connectivity index (χ3v) is 2.17. The summed E-state index contributed by atoms with van der Waals surface area (Å²) in [5.74, 6) is 0. The average molecular weight is 189 g/mol. The summed E-state index contributed by atoms with van der Waals surface area (Å²) < 4.78 is 0. The molecule has 3 heteroatoms. The first-order chi connectivity index (χ1) is 6.56. The molecule has 0 saturated carbocycles. The molecular weight excluding hydrogens is 174 g/mol. The monoisotopic (exact) mass is 189 g/mol. The van der Waals surface area contributed by atoms with Crippen LogP contribution < -0.4 is 5.73 Å². The Hall–Kier alpha value is -1.35. The molecule has 0 amide bonds. The zero-order valence-corrected chi connectivity index (χ0v) is 8.54. The van der Waals surface area contributed by atoms with E-state index in [0.29, 0.717) is 0 Å². The number of nitrogens with two attached hydrogens (primary N) is 1. The molecule has 0 unspecified atom stereocenters. The summed E-state index contributed by atoms with van der Waals surface area (Å²) in [6, 6.07) is 8.07. The minimum absolute atomic E-state index is 0.199. The van der Waals surface area contributed by atoms with Gasteiger partial charge in [-0.2, -0.15) is 5.10 Å². The van der Waals surface area contributed by atoms with E-state index in [0.717, 1.165) is 17.6 Å². The third-order valence-electron chi connectivity index (χ3n) is 2.17. The van der Waals surface area contributed by atoms with Crippen molar-refractivity contribution in [2.24, 2.45) is 5.73 Å². The molecule has 0 spiro atoms. The second kappa shape index (κ2) is 3.10. The van der Waals surface area contributed by atoms with E-state index in [1.165, 1.54) is 5.39 Å². The van der Waals surface area contributed by atoms with E-state index in [9.17, 15) is 0 Å². The molecule has 0 saturated heterocycles. The van der Waals surface area contributed by atoms with Crippen molar-refractivity contribution in [3.8, 4) is 0 Å². The second-order valence-corrected chi connectivity index (χ2v) is 4.38. The minimum atomic E-state index is -0.199. The Morgan fingerprint density at radius 1 is 1.36 bits per heavy atom. The molecule has 2 rings (SSSR count). The summed E-state index contributed by atoms with van der Waals surface area (Å²) in [6.45, 7) is 4.03. The molecule has 0 radical (unpaired) electrons. The van der Waals surface area contributed by atoms with Crippen molar-refractivity contribution in [3.05, 3.63) is 30.0 Å². The van der Waals surface area contributed by atoms with E-state index < -0.39 is 0 Å². The SMILES string of the molecule is CC(C)(N)Cc1[nH]nc2ccccc12. The van der Waals surface area contributed by atoms with Crippen LogP contribution in [0.5, 0.6) is 0 Å². The average Bonchev–Trinajstić information content (AvgIpc) is 2.47. The smallest absolute Gasteiger partial charge is 0.0923 e. The van der Waals surface area contributed by atoms with Crippen LogP contribution in [0.3, 0.4) is 0 Å². The Bertz CT molecular complexity index is 437. The summed E-state index contributed by atoms with van der Waals surface area (Å²) >= 11 is 0. The number of aromatic amines is 1. The maximum absolute atomic E-state index is 5.97. The number of hydrogen-bond acceptors (Lipinski definition) is 2. The molecule has 14 heavy (non-hydrogen) atoms. The van der Waals surface area contributed by atoms with Crippen LogP contribution in [0.4, 0.5) is 0 Å². The molecule has 1 aromatic heterocycles. The molecule has 0 atom stereocenters. The van der Waals surface area contributed by atoms with Gasteiger partial charge in [-0.25, -0.2) is 0 Å². The lowest BCUT2D eigenvalue weighted by Crippen LogP contribution is -2.34. The molecule has 74 valence electrons. The highest BCUT2D eigenvalue weighted by Crippen LogP contribution is 2.18. The molecule has 0 aliphatic rings. The van der Waals surface area contributed by atoms with Crippen LogP contribution in [0.25, 0.3) is 10.9 Å². The lowest BCUT2D eigenvalue weighted by atomic mass is 9.98. The van der Waals surface area contributed by atoms with Crippen LogP contribution >= 0.6 is 0 Å². The van der Waals surface area contributed by atoms with Crippen molar-refractivity contribution in [1.82, 2.24) is 10.2 Å². The van der Waals surface area contributed by atoms with Gasteiger partial charge < -0.3 is 5.73 Å². The Kier molecular flexibility index (Phi) is 2.04. The fourth-order valence-electron chi connectivity index (χ4n) is 1.60. The van der Waals surface area contributed by atoms with Crippen LogP contribution in [0.1, 0.15) is 19.5 Å². The molecule has 0 fully saturated rings. The van der Waals surface area contributed by atoms with Crippen molar-refractivity contribution in [2.75, 3.05) is 0 Å². The molecule has 3 N–H and O–H groups in total. The van der Waals surface area contributed by atoms with Crippen molar-refractivity contribution < 1.29 is 0 Å². The normalized spacial score (nSPS) is 12.2. The lowest BCUT2D eigenvalue weighted by molar-refractivity contribution is 0.511. The van der Waals surface area contributed by atoms with Crippen molar-refractivity contribution in [2.45, 2.75) is 25.8 Å². The van der Waals surface area contributed by atoms with E-state index in [4.69, 9.17) is 5.73 Å². The van der Waals surface area contributed by atoms with Crippen molar-refractivity contribution >= 4 is 10.9 Å². The van der Waals surface area contributed by atoms with Gasteiger partial charge in [0.1, 0.15) is 0 Å². The van der Waals surface area contributed by atoms with Gasteiger partial charge in [0.15, 0.2) is 0 Å². The number of nitrogens with one attached hydrogen (secondary N) is 1. The van der Waals surface area contributed by atoms with Crippen LogP contribution in [0.2, 0.25) is 0 Å². The summed E-state index contributed by atoms with van der Waals surface area (Å²) in [7, 11) is 0. The van der Waals surface area contributed by atoms with E-state index in [1.807, 2.05) is 32.0 Å². The van der Waals surface area contributed by atoms with E-state index >= 15 is 0 Å². The summed E-state index contributed by atoms with van der Waals surface area (Å²) in [6.07, 6.45) is 0.813. The number of nitrogens with zero attached hydrogens (tertiary/aromatic N) is 1. The molecule has 0 aliphatic heterocycles. The first-order valence-electron chi connectivity index (χ1n) is 4.77. The van der Waals surface area contributed by atoms with Gasteiger partial charge in [0, 0.05) is 23.0 Å². The van der Waals surface area contributed by atoms with Crippen molar-refractivity contribution in [1.29, 1.82) is 0 Å². The lowest BCUT2D eigenvalue weighted by Gasteiger charge is -2.16. The standard InChI is InChI=1S/C11H15N3/c1-11(2,12)7-10-8-5-3-4-6-9(8)13-14-10/h3-6H,7,12H2,1-2H3,(H,13,14). The van der Waals surface area contributed by atoms with Gasteiger partial charge in [-0.15, -0.1) is 0 Å². The van der Waals surface area contributed by atoms with E-state index in [2.05, 4.69) is 16.3 Å². The number of para-hydroxylation sites is 1. The predicted molar refractivity (Wildman–Crippen MR) is 58.1 cm³/mol. The maximum Gasteiger partial charge on any atom is 0.0923 e. The molecule has 0 bridgehead atoms. The quantitative estimate of drug-likeness (QED) is 0.757. The Morgan fingerprint density at radius 2 is 2.07 bits per heavy atom. The number of fused-ring (bicyclic) bond motifs is 1. The highest BCUT2D eigenvalue weighted by Gasteiger charge is 2.15. The summed E-state index contributed by atoms with van der Waals surface area (Å²) in [5.41, 5.74) is 7.90. The van der Waals surface area contributed by atoms with Gasteiger partial charge in [-0.05, 0) is 19.9 Å². The zero-order chi connectivity index (χ0) is 10.2. The fraction of sp³-hybridized carbons (Fsp3) is 0.364. The number of aromatic nitrogens is 2. The number of H-pyrrole nitrogens is 1. The second-order valence-electron chi connectivity index (χ2n) is 4.38. The fourth-order valence-corrected chi connectivity index (χ4v) is 1.60. The minimum Gasteiger partial charge on any atom is -0.325 e. The molecule has 3 nitrogen and oxygen atoms in total. The Balaban J connectivity index is 2.44. The Labute approximate surface area is 83.3 Å². The molecule has 1 aromatic carbocycles. The number of rotatable bonds is 2. The largest absolute Gasteiger partial charge is 0.325 e. The molecular formula is C11H15N3. The van der Waals surface area contributed by atoms with Crippen molar-refractivity contribution in [3.63, 3.8) is 0 Å².